The number of carbonyl (C=O) groups excluding carboxylic acids is 1. The number of anilines is 1. The molecule has 0 unspecified atom stereocenters. The quantitative estimate of drug-likeness (QED) is 0.644. The van der Waals surface area contributed by atoms with Gasteiger partial charge in [-0.2, -0.15) is 5.06 Å². The second kappa shape index (κ2) is 7.84. The first kappa shape index (κ1) is 17.8. The minimum Gasteiger partial charge on any atom is -0.489 e. The van der Waals surface area contributed by atoms with Crippen LogP contribution in [0.4, 0.5) is 10.5 Å². The van der Waals surface area contributed by atoms with Crippen LogP contribution in [0.5, 0.6) is 5.75 Å². The second-order valence-corrected chi connectivity index (χ2v) is 5.74. The van der Waals surface area contributed by atoms with E-state index < -0.39 is 6.03 Å². The zero-order chi connectivity index (χ0) is 17.7. The van der Waals surface area contributed by atoms with Crippen LogP contribution in [-0.2, 0) is 13.0 Å². The summed E-state index contributed by atoms with van der Waals surface area (Å²) in [6.45, 7) is 6.28. The highest BCUT2D eigenvalue weighted by Gasteiger charge is 2.16. The molecule has 128 valence electrons. The van der Waals surface area contributed by atoms with E-state index in [1.165, 1.54) is 12.6 Å². The number of ether oxygens (including phenoxy) is 1. The van der Waals surface area contributed by atoms with Crippen molar-refractivity contribution in [3.8, 4) is 5.75 Å². The second-order valence-electron chi connectivity index (χ2n) is 5.74. The Balaban J connectivity index is 2.22. The summed E-state index contributed by atoms with van der Waals surface area (Å²) in [5, 5.41) is 13.1. The number of aryl methyl sites for hydroxylation is 3. The predicted molar refractivity (Wildman–Crippen MR) is 94.8 cm³/mol. The fraction of sp³-hybridized carbons (Fsp3) is 0.316. The number of hydrogen-bond donors (Lipinski definition) is 2. The monoisotopic (exact) mass is 328 g/mol. The Kier molecular flexibility index (Phi) is 5.82. The highest BCUT2D eigenvalue weighted by Crippen LogP contribution is 2.25. The van der Waals surface area contributed by atoms with Crippen LogP contribution in [0.2, 0.25) is 0 Å². The maximum Gasteiger partial charge on any atom is 0.345 e. The standard InChI is InChI=1S/C19H24N2O3/c1-5-15-7-9-18(14(3)11-15)24-12-16-8-6-13(2)10-17(16)21(23)19(22)20-4/h6-11,23H,5,12H2,1-4H3,(H,20,22). The van der Waals surface area contributed by atoms with Crippen molar-refractivity contribution in [2.75, 3.05) is 12.1 Å². The van der Waals surface area contributed by atoms with Crippen LogP contribution in [0, 0.1) is 13.8 Å². The molecule has 0 saturated heterocycles. The van der Waals surface area contributed by atoms with Crippen molar-refractivity contribution in [2.24, 2.45) is 0 Å². The first-order valence-electron chi connectivity index (χ1n) is 7.98. The van der Waals surface area contributed by atoms with Crippen LogP contribution in [0.25, 0.3) is 0 Å². The third-order valence-electron chi connectivity index (χ3n) is 3.91. The van der Waals surface area contributed by atoms with E-state index in [-0.39, 0.29) is 6.61 Å². The van der Waals surface area contributed by atoms with Crippen LogP contribution in [-0.4, -0.2) is 18.3 Å². The van der Waals surface area contributed by atoms with Crippen molar-refractivity contribution < 1.29 is 14.7 Å². The third kappa shape index (κ3) is 4.06. The Labute approximate surface area is 142 Å². The average molecular weight is 328 g/mol. The predicted octanol–water partition coefficient (Wildman–Crippen LogP) is 3.98. The molecule has 2 N–H and O–H groups in total. The highest BCUT2D eigenvalue weighted by molar-refractivity contribution is 5.90. The van der Waals surface area contributed by atoms with Crippen LogP contribution in [0.1, 0.15) is 29.2 Å². The number of nitrogens with one attached hydrogen (secondary N) is 1. The van der Waals surface area contributed by atoms with E-state index in [2.05, 4.69) is 18.3 Å². The number of nitrogens with zero attached hydrogens (tertiary/aromatic N) is 1. The van der Waals surface area contributed by atoms with Crippen molar-refractivity contribution in [3.63, 3.8) is 0 Å². The van der Waals surface area contributed by atoms with Gasteiger partial charge in [-0.1, -0.05) is 31.2 Å². The van der Waals surface area contributed by atoms with Crippen LogP contribution in [0.15, 0.2) is 36.4 Å². The smallest absolute Gasteiger partial charge is 0.345 e. The summed E-state index contributed by atoms with van der Waals surface area (Å²) in [7, 11) is 1.47. The Morgan fingerprint density at radius 3 is 2.58 bits per heavy atom. The molecule has 0 bridgehead atoms. The first-order chi connectivity index (χ1) is 11.5. The van der Waals surface area contributed by atoms with Crippen molar-refractivity contribution in [2.45, 2.75) is 33.8 Å². The molecule has 0 aliphatic carbocycles. The Hall–Kier alpha value is -2.53. The molecule has 0 aliphatic heterocycles. The number of hydroxylamine groups is 1. The lowest BCUT2D eigenvalue weighted by atomic mass is 10.1. The maximum atomic E-state index is 11.7. The molecule has 0 atom stereocenters. The van der Waals surface area contributed by atoms with E-state index in [0.29, 0.717) is 10.8 Å². The van der Waals surface area contributed by atoms with E-state index in [1.807, 2.05) is 38.1 Å². The fourth-order valence-electron chi connectivity index (χ4n) is 2.46. The summed E-state index contributed by atoms with van der Waals surface area (Å²) >= 11 is 0. The molecule has 0 saturated carbocycles. The van der Waals surface area contributed by atoms with Gasteiger partial charge in [0.1, 0.15) is 12.4 Å². The number of rotatable bonds is 5. The number of hydrogen-bond acceptors (Lipinski definition) is 3. The lowest BCUT2D eigenvalue weighted by molar-refractivity contribution is 0.205. The zero-order valence-electron chi connectivity index (χ0n) is 14.6. The summed E-state index contributed by atoms with van der Waals surface area (Å²) in [4.78, 5) is 11.7. The molecule has 5 heteroatoms. The Bertz CT molecular complexity index is 729. The van der Waals surface area contributed by atoms with Crippen molar-refractivity contribution in [1.29, 1.82) is 0 Å². The maximum absolute atomic E-state index is 11.7. The topological polar surface area (TPSA) is 61.8 Å². The SMILES string of the molecule is CCc1ccc(OCc2ccc(C)cc2N(O)C(=O)NC)c(C)c1. The number of urea groups is 1. The lowest BCUT2D eigenvalue weighted by Crippen LogP contribution is -2.36. The lowest BCUT2D eigenvalue weighted by Gasteiger charge is -2.19. The largest absolute Gasteiger partial charge is 0.489 e. The van der Waals surface area contributed by atoms with Crippen molar-refractivity contribution >= 4 is 11.7 Å². The molecule has 0 aromatic heterocycles. The van der Waals surface area contributed by atoms with Gasteiger partial charge in [-0.15, -0.1) is 0 Å². The minimum absolute atomic E-state index is 0.260. The molecule has 2 amide bonds. The number of benzene rings is 2. The summed E-state index contributed by atoms with van der Waals surface area (Å²) in [6, 6.07) is 11.0. The fourth-order valence-corrected chi connectivity index (χ4v) is 2.46. The van der Waals surface area contributed by atoms with Gasteiger partial charge in [0, 0.05) is 12.6 Å². The van der Waals surface area contributed by atoms with Gasteiger partial charge in [0.15, 0.2) is 0 Å². The first-order valence-corrected chi connectivity index (χ1v) is 7.98. The van der Waals surface area contributed by atoms with E-state index in [9.17, 15) is 10.0 Å². The van der Waals surface area contributed by atoms with Crippen LogP contribution < -0.4 is 15.1 Å². The van der Waals surface area contributed by atoms with Crippen molar-refractivity contribution in [1.82, 2.24) is 5.32 Å². The molecule has 2 rings (SSSR count). The summed E-state index contributed by atoms with van der Waals surface area (Å²) in [6.07, 6.45) is 0.981. The number of amides is 2. The van der Waals surface area contributed by atoms with Gasteiger partial charge in [0.05, 0.1) is 5.69 Å². The molecule has 2 aromatic rings. The third-order valence-corrected chi connectivity index (χ3v) is 3.91. The molecular formula is C19H24N2O3. The van der Waals surface area contributed by atoms with Crippen LogP contribution in [0.3, 0.4) is 0 Å². The molecule has 2 aromatic carbocycles. The van der Waals surface area contributed by atoms with Gasteiger partial charge in [-0.05, 0) is 49.1 Å². The molecule has 0 radical (unpaired) electrons. The van der Waals surface area contributed by atoms with Crippen LogP contribution >= 0.6 is 0 Å². The van der Waals surface area contributed by atoms with E-state index in [4.69, 9.17) is 4.74 Å². The summed E-state index contributed by atoms with van der Waals surface area (Å²) in [5.41, 5.74) is 4.41. The molecule has 24 heavy (non-hydrogen) atoms. The summed E-state index contributed by atoms with van der Waals surface area (Å²) in [5.74, 6) is 0.795. The molecule has 5 nitrogen and oxygen atoms in total. The highest BCUT2D eigenvalue weighted by atomic mass is 16.5. The van der Waals surface area contributed by atoms with Gasteiger partial charge >= 0.3 is 6.03 Å². The van der Waals surface area contributed by atoms with E-state index in [0.717, 1.165) is 28.9 Å². The van der Waals surface area contributed by atoms with Gasteiger partial charge in [0.2, 0.25) is 0 Å². The van der Waals surface area contributed by atoms with E-state index >= 15 is 0 Å². The normalized spacial score (nSPS) is 10.4. The van der Waals surface area contributed by atoms with Gasteiger partial charge in [0.25, 0.3) is 0 Å². The molecule has 0 aliphatic rings. The Morgan fingerprint density at radius 1 is 1.21 bits per heavy atom. The summed E-state index contributed by atoms with van der Waals surface area (Å²) < 4.78 is 5.90. The molecule has 0 fully saturated rings. The molecular weight excluding hydrogens is 304 g/mol. The van der Waals surface area contributed by atoms with Gasteiger partial charge in [-0.25, -0.2) is 4.79 Å². The minimum atomic E-state index is -0.592. The van der Waals surface area contributed by atoms with Crippen molar-refractivity contribution in [3.05, 3.63) is 58.7 Å². The Morgan fingerprint density at radius 2 is 1.96 bits per heavy atom. The molecule has 0 spiro atoms. The zero-order valence-corrected chi connectivity index (χ0v) is 14.6. The average Bonchev–Trinajstić information content (AvgIpc) is 2.59. The van der Waals surface area contributed by atoms with E-state index in [1.54, 1.807) is 6.07 Å². The van der Waals surface area contributed by atoms with Gasteiger partial charge in [-0.3, -0.25) is 5.21 Å². The molecule has 0 heterocycles. The number of carbonyl (C=O) groups is 1. The van der Waals surface area contributed by atoms with Gasteiger partial charge < -0.3 is 10.1 Å².